The quantitative estimate of drug-likeness (QED) is 0.148. The number of imidazole rings is 1. The van der Waals surface area contributed by atoms with Crippen LogP contribution >= 0.6 is 11.3 Å². The summed E-state index contributed by atoms with van der Waals surface area (Å²) in [6.45, 7) is 4.90. The van der Waals surface area contributed by atoms with E-state index < -0.39 is 17.6 Å². The zero-order chi connectivity index (χ0) is 37.4. The van der Waals surface area contributed by atoms with Gasteiger partial charge < -0.3 is 10.4 Å². The number of amides is 3. The summed E-state index contributed by atoms with van der Waals surface area (Å²) in [6, 6.07) is 13.8. The van der Waals surface area contributed by atoms with Crippen molar-refractivity contribution < 1.29 is 19.5 Å². The Balaban J connectivity index is 0.985. The SMILES string of the molecule is CN(CC#Cc1cccc2c1n(C)c(=O)n2C1CCC(=O)NC1=O)C[C@H]1CC[C@H](c2nc3cc(C(C)(C)O)c(NC(=O)c4ccccn4)cc3s2)CC1. The van der Waals surface area contributed by atoms with Crippen LogP contribution in [0.5, 0.6) is 0 Å². The Morgan fingerprint density at radius 1 is 1.09 bits per heavy atom. The van der Waals surface area contributed by atoms with Gasteiger partial charge in [0.25, 0.3) is 5.91 Å². The number of fused-ring (bicyclic) bond motifs is 2. The lowest BCUT2D eigenvalue weighted by Gasteiger charge is -2.29. The summed E-state index contributed by atoms with van der Waals surface area (Å²) in [4.78, 5) is 61.9. The van der Waals surface area contributed by atoms with E-state index in [2.05, 4.69) is 39.4 Å². The highest BCUT2D eigenvalue weighted by molar-refractivity contribution is 7.18. The number of rotatable bonds is 8. The smallest absolute Gasteiger partial charge is 0.329 e. The number of anilines is 1. The van der Waals surface area contributed by atoms with Crippen LogP contribution in [-0.2, 0) is 22.2 Å². The third kappa shape index (κ3) is 7.53. The Labute approximate surface area is 311 Å². The Kier molecular flexibility index (Phi) is 10.0. The Bertz CT molecular complexity index is 2340. The van der Waals surface area contributed by atoms with E-state index in [1.165, 1.54) is 9.13 Å². The zero-order valence-corrected chi connectivity index (χ0v) is 31.1. The van der Waals surface area contributed by atoms with Crippen LogP contribution in [-0.4, -0.2) is 67.0 Å². The van der Waals surface area contributed by atoms with Crippen molar-refractivity contribution in [2.45, 2.75) is 69.9 Å². The molecule has 0 radical (unpaired) electrons. The second kappa shape index (κ2) is 14.7. The van der Waals surface area contributed by atoms with Gasteiger partial charge in [0.1, 0.15) is 11.7 Å². The molecule has 1 aliphatic carbocycles. The summed E-state index contributed by atoms with van der Waals surface area (Å²) in [7, 11) is 3.76. The summed E-state index contributed by atoms with van der Waals surface area (Å²) in [5.41, 5.74) is 2.81. The van der Waals surface area contributed by atoms with Crippen molar-refractivity contribution in [3.8, 4) is 11.8 Å². The van der Waals surface area contributed by atoms with Gasteiger partial charge in [0.2, 0.25) is 11.8 Å². The molecular weight excluding hydrogens is 691 g/mol. The van der Waals surface area contributed by atoms with E-state index in [9.17, 15) is 24.3 Å². The number of hydrogen-bond acceptors (Lipinski definition) is 9. The summed E-state index contributed by atoms with van der Waals surface area (Å²) in [6.07, 6.45) is 6.27. The second-order valence-electron chi connectivity index (χ2n) is 14.7. The van der Waals surface area contributed by atoms with Crippen LogP contribution in [0.2, 0.25) is 0 Å². The molecule has 1 atom stereocenters. The molecule has 12 nitrogen and oxygen atoms in total. The molecule has 0 spiro atoms. The van der Waals surface area contributed by atoms with Gasteiger partial charge in [-0.2, -0.15) is 0 Å². The molecular formula is C40H43N7O5S. The van der Waals surface area contributed by atoms with E-state index in [1.807, 2.05) is 30.3 Å². The van der Waals surface area contributed by atoms with Crippen molar-refractivity contribution in [2.75, 3.05) is 25.5 Å². The first-order chi connectivity index (χ1) is 25.4. The number of carbonyl (C=O) groups is 3. The largest absolute Gasteiger partial charge is 0.386 e. The predicted octanol–water partition coefficient (Wildman–Crippen LogP) is 5.06. The molecule has 3 aromatic heterocycles. The molecule has 2 aliphatic rings. The maximum absolute atomic E-state index is 13.2. The maximum Gasteiger partial charge on any atom is 0.329 e. The number of aryl methyl sites for hydroxylation is 1. The average molecular weight is 734 g/mol. The molecule has 274 valence electrons. The van der Waals surface area contributed by atoms with E-state index in [-0.39, 0.29) is 30.3 Å². The first-order valence-electron chi connectivity index (χ1n) is 18.0. The van der Waals surface area contributed by atoms with Gasteiger partial charge >= 0.3 is 5.69 Å². The summed E-state index contributed by atoms with van der Waals surface area (Å²) >= 11 is 1.65. The number of imide groups is 1. The van der Waals surface area contributed by atoms with Crippen LogP contribution < -0.4 is 16.3 Å². The molecule has 5 aromatic rings. The predicted molar refractivity (Wildman–Crippen MR) is 205 cm³/mol. The fourth-order valence-corrected chi connectivity index (χ4v) is 8.75. The highest BCUT2D eigenvalue weighted by atomic mass is 32.1. The lowest BCUT2D eigenvalue weighted by atomic mass is 9.82. The molecule has 3 amide bonds. The number of pyridine rings is 1. The number of benzene rings is 2. The van der Waals surface area contributed by atoms with Gasteiger partial charge in [-0.3, -0.25) is 38.7 Å². The molecule has 13 heteroatoms. The van der Waals surface area contributed by atoms with Gasteiger partial charge in [0.15, 0.2) is 0 Å². The maximum atomic E-state index is 13.2. The third-order valence-electron chi connectivity index (χ3n) is 10.3. The molecule has 1 aliphatic heterocycles. The van der Waals surface area contributed by atoms with E-state index in [0.717, 1.165) is 53.0 Å². The molecule has 4 heterocycles. The van der Waals surface area contributed by atoms with E-state index in [0.29, 0.717) is 46.4 Å². The van der Waals surface area contributed by atoms with Crippen molar-refractivity contribution in [1.82, 2.24) is 29.3 Å². The van der Waals surface area contributed by atoms with Gasteiger partial charge in [-0.1, -0.05) is 24.0 Å². The molecule has 7 rings (SSSR count). The number of nitrogens with one attached hydrogen (secondary N) is 2. The molecule has 1 saturated carbocycles. The van der Waals surface area contributed by atoms with Crippen LogP contribution in [0.15, 0.2) is 59.5 Å². The minimum atomic E-state index is -1.19. The highest BCUT2D eigenvalue weighted by Crippen LogP contribution is 2.41. The third-order valence-corrected chi connectivity index (χ3v) is 11.5. The van der Waals surface area contributed by atoms with Crippen molar-refractivity contribution >= 4 is 56.0 Å². The molecule has 0 bridgehead atoms. The lowest BCUT2D eigenvalue weighted by Crippen LogP contribution is -2.44. The normalized spacial score (nSPS) is 19.3. The number of piperidine rings is 1. The highest BCUT2D eigenvalue weighted by Gasteiger charge is 2.32. The molecule has 3 N–H and O–H groups in total. The topological polar surface area (TPSA) is 151 Å². The average Bonchev–Trinajstić information content (AvgIpc) is 3.66. The molecule has 1 saturated heterocycles. The van der Waals surface area contributed by atoms with Crippen LogP contribution in [0, 0.1) is 17.8 Å². The fourth-order valence-electron chi connectivity index (χ4n) is 7.60. The summed E-state index contributed by atoms with van der Waals surface area (Å²) < 4.78 is 3.98. The van der Waals surface area contributed by atoms with Gasteiger partial charge in [-0.25, -0.2) is 9.78 Å². The number of carbonyl (C=O) groups excluding carboxylic acids is 3. The van der Waals surface area contributed by atoms with Gasteiger partial charge in [-0.05, 0) is 95.3 Å². The van der Waals surface area contributed by atoms with E-state index in [4.69, 9.17) is 4.98 Å². The molecule has 2 fully saturated rings. The Hall–Kier alpha value is -5.16. The molecule has 53 heavy (non-hydrogen) atoms. The lowest BCUT2D eigenvalue weighted by molar-refractivity contribution is -0.135. The van der Waals surface area contributed by atoms with Crippen molar-refractivity contribution in [1.29, 1.82) is 0 Å². The fraction of sp³-hybridized carbons (Fsp3) is 0.400. The number of nitrogens with zero attached hydrogens (tertiary/aromatic N) is 5. The summed E-state index contributed by atoms with van der Waals surface area (Å²) in [5.74, 6) is 6.34. The van der Waals surface area contributed by atoms with Gasteiger partial charge in [0.05, 0.1) is 44.0 Å². The van der Waals surface area contributed by atoms with Crippen LogP contribution in [0.4, 0.5) is 5.69 Å². The second-order valence-corrected chi connectivity index (χ2v) is 15.8. The van der Waals surface area contributed by atoms with E-state index in [1.54, 1.807) is 56.6 Å². The first-order valence-corrected chi connectivity index (χ1v) is 18.8. The van der Waals surface area contributed by atoms with Crippen molar-refractivity contribution in [2.24, 2.45) is 13.0 Å². The van der Waals surface area contributed by atoms with Crippen molar-refractivity contribution in [3.63, 3.8) is 0 Å². The minimum absolute atomic E-state index is 0.191. The van der Waals surface area contributed by atoms with Crippen LogP contribution in [0.25, 0.3) is 21.3 Å². The standard InChI is InChI=1S/C40H43N7O5S/c1-40(2,52)27-21-30-33(22-29(27)42-36(49)28-11-5-6-19-41-28)53-38(43-30)26-15-13-24(14-16-26)23-45(3)20-8-10-25-9-7-12-31-35(25)46(4)39(51)47(31)32-17-18-34(48)44-37(32)50/h5-7,9,11-12,19,21-22,24,26,32,52H,13-18,20,23H2,1-4H3,(H,42,49)(H,44,48,50)/t24-,26-,32?. The first kappa shape index (κ1) is 36.2. The summed E-state index contributed by atoms with van der Waals surface area (Å²) in [5, 5.41) is 17.4. The molecule has 2 aromatic carbocycles. The number of para-hydroxylation sites is 1. The number of aliphatic hydroxyl groups is 1. The number of hydrogen-bond donors (Lipinski definition) is 3. The van der Waals surface area contributed by atoms with Crippen LogP contribution in [0.3, 0.4) is 0 Å². The monoisotopic (exact) mass is 733 g/mol. The molecule has 1 unspecified atom stereocenters. The number of thiazole rings is 1. The van der Waals surface area contributed by atoms with Gasteiger partial charge in [-0.15, -0.1) is 11.3 Å². The van der Waals surface area contributed by atoms with E-state index >= 15 is 0 Å². The van der Waals surface area contributed by atoms with Crippen LogP contribution in [0.1, 0.15) is 91.0 Å². The Morgan fingerprint density at radius 3 is 2.60 bits per heavy atom. The number of aromatic nitrogens is 4. The van der Waals surface area contributed by atoms with Crippen molar-refractivity contribution in [3.05, 3.63) is 87.0 Å². The van der Waals surface area contributed by atoms with Gasteiger partial charge in [0, 0.05) is 43.4 Å². The zero-order valence-electron chi connectivity index (χ0n) is 30.3. The Morgan fingerprint density at radius 2 is 1.89 bits per heavy atom. The minimum Gasteiger partial charge on any atom is -0.386 e.